The maximum Gasteiger partial charge on any atom is 0.293 e. The Kier molecular flexibility index (Phi) is 3.11. The second kappa shape index (κ2) is 4.37. The zero-order chi connectivity index (χ0) is 10.8. The number of nitrogens with zero attached hydrogens (tertiary/aromatic N) is 1. The molecule has 1 heterocycles. The van der Waals surface area contributed by atoms with Crippen LogP contribution in [0.4, 0.5) is 4.79 Å². The first kappa shape index (κ1) is 10.7. The summed E-state index contributed by atoms with van der Waals surface area (Å²) in [6.45, 7) is 0.654. The topological polar surface area (TPSA) is 63.4 Å². The molecule has 0 bridgehead atoms. The van der Waals surface area contributed by atoms with Crippen molar-refractivity contribution < 1.29 is 9.59 Å². The fraction of sp³-hybridized carbons (Fsp3) is 0.600. The van der Waals surface area contributed by atoms with E-state index >= 15 is 0 Å². The smallest absolute Gasteiger partial charge is 0.293 e. The van der Waals surface area contributed by atoms with Crippen LogP contribution >= 0.6 is 11.8 Å². The zero-order valence-electron chi connectivity index (χ0n) is 8.44. The number of hydrogen-bond donors (Lipinski definition) is 1. The lowest BCUT2D eigenvalue weighted by Gasteiger charge is -2.21. The van der Waals surface area contributed by atoms with Crippen molar-refractivity contribution >= 4 is 22.9 Å². The van der Waals surface area contributed by atoms with Gasteiger partial charge in [0.1, 0.15) is 0 Å². The maximum absolute atomic E-state index is 11.7. The minimum Gasteiger partial charge on any atom is -0.329 e. The number of carbonyl (C=O) groups is 2. The fourth-order valence-corrected chi connectivity index (χ4v) is 2.59. The second-order valence-electron chi connectivity index (χ2n) is 3.84. The van der Waals surface area contributed by atoms with Crippen LogP contribution in [0.25, 0.3) is 0 Å². The first-order valence-electron chi connectivity index (χ1n) is 5.18. The number of carbonyl (C=O) groups excluding carboxylic acids is 2. The van der Waals surface area contributed by atoms with Gasteiger partial charge in [0, 0.05) is 13.1 Å². The van der Waals surface area contributed by atoms with E-state index in [1.165, 1.54) is 11.3 Å². The molecule has 15 heavy (non-hydrogen) atoms. The van der Waals surface area contributed by atoms with Gasteiger partial charge >= 0.3 is 0 Å². The van der Waals surface area contributed by atoms with Crippen molar-refractivity contribution in [1.82, 2.24) is 4.90 Å². The molecule has 4 nitrogen and oxygen atoms in total. The van der Waals surface area contributed by atoms with Gasteiger partial charge in [-0.1, -0.05) is 12.5 Å². The fourth-order valence-electron chi connectivity index (χ4n) is 1.66. The molecule has 2 amide bonds. The Hall–Kier alpha value is -0.810. The van der Waals surface area contributed by atoms with E-state index in [1.807, 2.05) is 6.08 Å². The summed E-state index contributed by atoms with van der Waals surface area (Å²) >= 11 is 1.04. The number of hydrogen-bond acceptors (Lipinski definition) is 4. The van der Waals surface area contributed by atoms with Gasteiger partial charge < -0.3 is 5.73 Å². The van der Waals surface area contributed by atoms with Gasteiger partial charge in [-0.05, 0) is 30.5 Å². The predicted molar refractivity (Wildman–Crippen MR) is 59.2 cm³/mol. The van der Waals surface area contributed by atoms with Crippen LogP contribution in [-0.2, 0) is 4.79 Å². The largest absolute Gasteiger partial charge is 0.329 e. The van der Waals surface area contributed by atoms with E-state index in [0.29, 0.717) is 23.9 Å². The lowest BCUT2D eigenvalue weighted by molar-refractivity contribution is -0.122. The quantitative estimate of drug-likeness (QED) is 0.737. The van der Waals surface area contributed by atoms with Gasteiger partial charge in [0.05, 0.1) is 4.91 Å². The molecule has 2 rings (SSSR count). The highest BCUT2D eigenvalue weighted by Crippen LogP contribution is 2.35. The third-order valence-electron chi connectivity index (χ3n) is 2.76. The summed E-state index contributed by atoms with van der Waals surface area (Å²) in [5.74, 6) is 0.337. The van der Waals surface area contributed by atoms with Crippen molar-refractivity contribution in [2.24, 2.45) is 11.7 Å². The molecule has 2 fully saturated rings. The average Bonchev–Trinajstić information content (AvgIpc) is 2.40. The molecule has 0 aromatic heterocycles. The van der Waals surface area contributed by atoms with E-state index in [0.717, 1.165) is 24.6 Å². The summed E-state index contributed by atoms with van der Waals surface area (Å²) in [7, 11) is 0. The number of imide groups is 1. The van der Waals surface area contributed by atoms with Crippen molar-refractivity contribution in [1.29, 1.82) is 0 Å². The Morgan fingerprint density at radius 1 is 1.47 bits per heavy atom. The molecule has 0 unspecified atom stereocenters. The average molecular weight is 226 g/mol. The molecule has 1 saturated heterocycles. The first-order chi connectivity index (χ1) is 7.22. The number of thioether (sulfide) groups is 1. The molecule has 0 radical (unpaired) electrons. The van der Waals surface area contributed by atoms with E-state index in [-0.39, 0.29) is 11.1 Å². The summed E-state index contributed by atoms with van der Waals surface area (Å²) in [4.78, 5) is 25.0. The van der Waals surface area contributed by atoms with Crippen LogP contribution in [-0.4, -0.2) is 29.1 Å². The lowest BCUT2D eigenvalue weighted by Crippen LogP contribution is -2.33. The van der Waals surface area contributed by atoms with E-state index in [4.69, 9.17) is 5.73 Å². The van der Waals surface area contributed by atoms with Gasteiger partial charge in [0.25, 0.3) is 11.1 Å². The van der Waals surface area contributed by atoms with Gasteiger partial charge in [-0.2, -0.15) is 0 Å². The van der Waals surface area contributed by atoms with Crippen molar-refractivity contribution in [3.8, 4) is 0 Å². The molecule has 0 aromatic carbocycles. The van der Waals surface area contributed by atoms with Gasteiger partial charge in [-0.25, -0.2) is 0 Å². The number of allylic oxidation sites excluding steroid dienone is 1. The molecule has 0 aromatic rings. The minimum atomic E-state index is -0.184. The number of amides is 2. The number of nitrogens with two attached hydrogens (primary N) is 1. The third kappa shape index (κ3) is 2.08. The van der Waals surface area contributed by atoms with Gasteiger partial charge in [-0.15, -0.1) is 0 Å². The molecule has 1 aliphatic heterocycles. The van der Waals surface area contributed by atoms with Crippen LogP contribution in [0, 0.1) is 5.92 Å². The normalized spacial score (nSPS) is 25.1. The highest BCUT2D eigenvalue weighted by molar-refractivity contribution is 8.18. The van der Waals surface area contributed by atoms with Gasteiger partial charge in [0.2, 0.25) is 0 Å². The Balaban J connectivity index is 2.06. The molecule has 0 spiro atoms. The summed E-state index contributed by atoms with van der Waals surface area (Å²) in [6.07, 6.45) is 5.46. The summed E-state index contributed by atoms with van der Waals surface area (Å²) in [5, 5.41) is -0.184. The maximum atomic E-state index is 11.7. The Morgan fingerprint density at radius 3 is 2.73 bits per heavy atom. The first-order valence-corrected chi connectivity index (χ1v) is 5.99. The molecule has 1 saturated carbocycles. The Bertz CT molecular complexity index is 323. The predicted octanol–water partition coefficient (Wildman–Crippen LogP) is 1.32. The molecule has 5 heteroatoms. The molecule has 0 atom stereocenters. The van der Waals surface area contributed by atoms with Crippen molar-refractivity contribution in [3.05, 3.63) is 11.0 Å². The Morgan fingerprint density at radius 2 is 2.20 bits per heavy atom. The number of rotatable bonds is 3. The standard InChI is InChI=1S/C10H14N2O2S/c11-4-5-12-9(13)8(15-10(12)14)6-7-2-1-3-7/h6-7H,1-5,11H2. The van der Waals surface area contributed by atoms with Crippen molar-refractivity contribution in [2.45, 2.75) is 19.3 Å². The van der Waals surface area contributed by atoms with Gasteiger partial charge in [0.15, 0.2) is 0 Å². The van der Waals surface area contributed by atoms with Crippen LogP contribution in [0.5, 0.6) is 0 Å². The van der Waals surface area contributed by atoms with Crippen LogP contribution < -0.4 is 5.73 Å². The second-order valence-corrected chi connectivity index (χ2v) is 4.83. The van der Waals surface area contributed by atoms with Crippen molar-refractivity contribution in [3.63, 3.8) is 0 Å². The zero-order valence-corrected chi connectivity index (χ0v) is 9.26. The summed E-state index contributed by atoms with van der Waals surface area (Å²) in [6, 6.07) is 0. The highest BCUT2D eigenvalue weighted by Gasteiger charge is 2.35. The van der Waals surface area contributed by atoms with E-state index < -0.39 is 0 Å². The van der Waals surface area contributed by atoms with Crippen LogP contribution in [0.3, 0.4) is 0 Å². The monoisotopic (exact) mass is 226 g/mol. The van der Waals surface area contributed by atoms with E-state index in [2.05, 4.69) is 0 Å². The Labute approximate surface area is 92.9 Å². The molecular formula is C10H14N2O2S. The molecule has 82 valence electrons. The molecule has 1 aliphatic carbocycles. The molecule has 2 aliphatic rings. The molecule has 2 N–H and O–H groups in total. The summed E-state index contributed by atoms with van der Waals surface area (Å²) in [5.41, 5.74) is 5.34. The van der Waals surface area contributed by atoms with Crippen LogP contribution in [0.15, 0.2) is 11.0 Å². The molecular weight excluding hydrogens is 212 g/mol. The SMILES string of the molecule is NCCN1C(=O)SC(=CC2CCC2)C1=O. The van der Waals surface area contributed by atoms with Crippen LogP contribution in [0.1, 0.15) is 19.3 Å². The summed E-state index contributed by atoms with van der Waals surface area (Å²) < 4.78 is 0. The third-order valence-corrected chi connectivity index (χ3v) is 3.69. The highest BCUT2D eigenvalue weighted by atomic mass is 32.2. The van der Waals surface area contributed by atoms with E-state index in [9.17, 15) is 9.59 Å². The van der Waals surface area contributed by atoms with E-state index in [1.54, 1.807) is 0 Å². The lowest BCUT2D eigenvalue weighted by atomic mass is 9.85. The van der Waals surface area contributed by atoms with Gasteiger partial charge in [-0.3, -0.25) is 14.5 Å². The van der Waals surface area contributed by atoms with Crippen molar-refractivity contribution in [2.75, 3.05) is 13.1 Å². The minimum absolute atomic E-state index is 0.164. The van der Waals surface area contributed by atoms with Crippen LogP contribution in [0.2, 0.25) is 0 Å².